The molecule has 3 nitrogen and oxygen atoms in total. The van der Waals surface area contributed by atoms with Crippen molar-refractivity contribution in [3.63, 3.8) is 0 Å². The molecular weight excluding hydrogens is 246 g/mol. The van der Waals surface area contributed by atoms with Crippen molar-refractivity contribution in [2.45, 2.75) is 38.6 Å². The number of hydrogen-bond acceptors (Lipinski definition) is 3. The molecule has 1 fully saturated rings. The van der Waals surface area contributed by atoms with Crippen LogP contribution in [0.5, 0.6) is 0 Å². The number of aliphatic hydroxyl groups excluding tert-OH is 1. The van der Waals surface area contributed by atoms with Gasteiger partial charge in [-0.3, -0.25) is 4.79 Å². The number of likely N-dealkylation sites (tertiary alicyclic amines) is 1. The maximum Gasteiger partial charge on any atom is 0.264 e. The van der Waals surface area contributed by atoms with Crippen molar-refractivity contribution in [1.29, 1.82) is 0 Å². The number of rotatable bonds is 2. The van der Waals surface area contributed by atoms with Crippen molar-refractivity contribution in [2.24, 2.45) is 5.92 Å². The molecule has 0 radical (unpaired) electrons. The highest BCUT2D eigenvalue weighted by Crippen LogP contribution is 2.33. The summed E-state index contributed by atoms with van der Waals surface area (Å²) in [6.45, 7) is 2.98. The van der Waals surface area contributed by atoms with Gasteiger partial charge in [0.25, 0.3) is 5.91 Å². The molecule has 0 bridgehead atoms. The predicted molar refractivity (Wildman–Crippen MR) is 72.0 cm³/mol. The molecule has 2 aliphatic rings. The number of hydrogen-bond donors (Lipinski definition) is 1. The highest BCUT2D eigenvalue weighted by molar-refractivity contribution is 7.14. The van der Waals surface area contributed by atoms with E-state index in [4.69, 9.17) is 0 Å². The molecule has 1 amide bonds. The summed E-state index contributed by atoms with van der Waals surface area (Å²) in [5.41, 5.74) is 1.37. The normalized spacial score (nSPS) is 26.7. The van der Waals surface area contributed by atoms with Gasteiger partial charge >= 0.3 is 0 Å². The Balaban J connectivity index is 1.81. The van der Waals surface area contributed by atoms with E-state index in [1.807, 2.05) is 4.90 Å². The van der Waals surface area contributed by atoms with Crippen LogP contribution in [0.25, 0.3) is 0 Å². The summed E-state index contributed by atoms with van der Waals surface area (Å²) in [5.74, 6) is 0.531. The molecule has 2 atom stereocenters. The van der Waals surface area contributed by atoms with Crippen molar-refractivity contribution < 1.29 is 9.90 Å². The van der Waals surface area contributed by atoms with Crippen LogP contribution in [-0.4, -0.2) is 35.1 Å². The van der Waals surface area contributed by atoms with Crippen LogP contribution in [0.1, 0.15) is 39.9 Å². The molecule has 2 heterocycles. The molecular formula is C14H19NO2S. The summed E-state index contributed by atoms with van der Waals surface area (Å²) in [4.78, 5) is 16.6. The Kier molecular flexibility index (Phi) is 3.16. The lowest BCUT2D eigenvalue weighted by Crippen LogP contribution is -2.39. The molecule has 0 spiro atoms. The SMILES string of the molecule is CC1CCN(C(=O)c2cc3c(s2)CCC3)C1CO. The number of aliphatic hydroxyl groups is 1. The standard InChI is InChI=1S/C14H19NO2S/c1-9-5-6-15(11(9)8-16)14(17)13-7-10-3-2-4-12(10)18-13/h7,9,11,16H,2-6,8H2,1H3. The summed E-state index contributed by atoms with van der Waals surface area (Å²) in [5, 5.41) is 9.43. The van der Waals surface area contributed by atoms with Crippen LogP contribution >= 0.6 is 11.3 Å². The van der Waals surface area contributed by atoms with E-state index in [-0.39, 0.29) is 18.6 Å². The zero-order chi connectivity index (χ0) is 12.7. The fourth-order valence-corrected chi connectivity index (χ4v) is 4.32. The zero-order valence-corrected chi connectivity index (χ0v) is 11.5. The van der Waals surface area contributed by atoms with Crippen LogP contribution in [0.15, 0.2) is 6.07 Å². The third kappa shape index (κ3) is 1.88. The lowest BCUT2D eigenvalue weighted by atomic mass is 10.0. The zero-order valence-electron chi connectivity index (χ0n) is 10.7. The van der Waals surface area contributed by atoms with Gasteiger partial charge in [0.05, 0.1) is 17.5 Å². The van der Waals surface area contributed by atoms with E-state index in [2.05, 4.69) is 13.0 Å². The van der Waals surface area contributed by atoms with E-state index >= 15 is 0 Å². The third-order valence-corrected chi connectivity index (χ3v) is 5.51. The first-order valence-corrected chi connectivity index (χ1v) is 7.55. The fraction of sp³-hybridized carbons (Fsp3) is 0.643. The van der Waals surface area contributed by atoms with Gasteiger partial charge in [-0.25, -0.2) is 0 Å². The molecule has 1 aliphatic heterocycles. The van der Waals surface area contributed by atoms with Gasteiger partial charge < -0.3 is 10.0 Å². The molecule has 1 N–H and O–H groups in total. The summed E-state index contributed by atoms with van der Waals surface area (Å²) >= 11 is 1.66. The summed E-state index contributed by atoms with van der Waals surface area (Å²) in [7, 11) is 0. The largest absolute Gasteiger partial charge is 0.394 e. The van der Waals surface area contributed by atoms with E-state index in [0.717, 1.165) is 30.7 Å². The first-order valence-electron chi connectivity index (χ1n) is 6.74. The van der Waals surface area contributed by atoms with Crippen LogP contribution in [-0.2, 0) is 12.8 Å². The second-order valence-corrected chi connectivity index (χ2v) is 6.56. The second-order valence-electron chi connectivity index (χ2n) is 5.43. The van der Waals surface area contributed by atoms with Gasteiger partial charge in [0.2, 0.25) is 0 Å². The molecule has 3 rings (SSSR count). The number of nitrogens with zero attached hydrogens (tertiary/aromatic N) is 1. The molecule has 0 aromatic carbocycles. The average molecular weight is 265 g/mol. The van der Waals surface area contributed by atoms with Crippen LogP contribution in [0.2, 0.25) is 0 Å². The van der Waals surface area contributed by atoms with Crippen LogP contribution < -0.4 is 0 Å². The highest BCUT2D eigenvalue weighted by atomic mass is 32.1. The van der Waals surface area contributed by atoms with Crippen molar-refractivity contribution in [1.82, 2.24) is 4.90 Å². The summed E-state index contributed by atoms with van der Waals surface area (Å²) in [6.07, 6.45) is 4.49. The van der Waals surface area contributed by atoms with Gasteiger partial charge in [-0.1, -0.05) is 6.92 Å². The van der Waals surface area contributed by atoms with Gasteiger partial charge in [-0.05, 0) is 43.2 Å². The maximum absolute atomic E-state index is 12.5. The molecule has 4 heteroatoms. The molecule has 1 saturated heterocycles. The van der Waals surface area contributed by atoms with Crippen molar-refractivity contribution in [2.75, 3.05) is 13.2 Å². The minimum absolute atomic E-state index is 0.00874. The first-order chi connectivity index (χ1) is 8.70. The van der Waals surface area contributed by atoms with Crippen molar-refractivity contribution in [3.8, 4) is 0 Å². The van der Waals surface area contributed by atoms with Crippen LogP contribution in [0.3, 0.4) is 0 Å². The number of carbonyl (C=O) groups excluding carboxylic acids is 1. The van der Waals surface area contributed by atoms with E-state index in [1.54, 1.807) is 11.3 Å². The lowest BCUT2D eigenvalue weighted by molar-refractivity contribution is 0.0653. The Labute approximate surface area is 111 Å². The Bertz CT molecular complexity index is 447. The molecule has 0 saturated carbocycles. The predicted octanol–water partition coefficient (Wildman–Crippen LogP) is 2.08. The van der Waals surface area contributed by atoms with Crippen molar-refractivity contribution >= 4 is 17.2 Å². The molecule has 18 heavy (non-hydrogen) atoms. The molecule has 1 aromatic rings. The average Bonchev–Trinajstić information content (AvgIpc) is 3.00. The maximum atomic E-state index is 12.5. The number of thiophene rings is 1. The molecule has 2 unspecified atom stereocenters. The topological polar surface area (TPSA) is 40.5 Å². The Morgan fingerprint density at radius 2 is 2.39 bits per heavy atom. The van der Waals surface area contributed by atoms with Gasteiger partial charge in [0.15, 0.2) is 0 Å². The lowest BCUT2D eigenvalue weighted by Gasteiger charge is -2.24. The number of aryl methyl sites for hydroxylation is 2. The van der Waals surface area contributed by atoms with Gasteiger partial charge in [0, 0.05) is 11.4 Å². The minimum atomic E-state index is 0.00874. The number of amides is 1. The van der Waals surface area contributed by atoms with E-state index in [9.17, 15) is 9.90 Å². The van der Waals surface area contributed by atoms with E-state index in [1.165, 1.54) is 16.9 Å². The van der Waals surface area contributed by atoms with Gasteiger partial charge in [-0.15, -0.1) is 11.3 Å². The van der Waals surface area contributed by atoms with Crippen LogP contribution in [0.4, 0.5) is 0 Å². The first kappa shape index (κ1) is 12.2. The second kappa shape index (κ2) is 4.67. The Morgan fingerprint density at radius 3 is 3.11 bits per heavy atom. The van der Waals surface area contributed by atoms with Gasteiger partial charge in [0.1, 0.15) is 0 Å². The third-order valence-electron chi connectivity index (χ3n) is 4.29. The quantitative estimate of drug-likeness (QED) is 0.889. The summed E-state index contributed by atoms with van der Waals surface area (Å²) in [6, 6.07) is 2.08. The smallest absolute Gasteiger partial charge is 0.264 e. The Hall–Kier alpha value is -0.870. The van der Waals surface area contributed by atoms with Crippen LogP contribution in [0, 0.1) is 5.92 Å². The molecule has 1 aromatic heterocycles. The summed E-state index contributed by atoms with van der Waals surface area (Å²) < 4.78 is 0. The molecule has 98 valence electrons. The number of fused-ring (bicyclic) bond motifs is 1. The number of carbonyl (C=O) groups is 1. The minimum Gasteiger partial charge on any atom is -0.394 e. The molecule has 1 aliphatic carbocycles. The van der Waals surface area contributed by atoms with Gasteiger partial charge in [-0.2, -0.15) is 0 Å². The Morgan fingerprint density at radius 1 is 1.56 bits per heavy atom. The monoisotopic (exact) mass is 265 g/mol. The fourth-order valence-electron chi connectivity index (χ4n) is 3.11. The van der Waals surface area contributed by atoms with E-state index in [0.29, 0.717) is 5.92 Å². The van der Waals surface area contributed by atoms with E-state index < -0.39 is 0 Å². The van der Waals surface area contributed by atoms with Crippen molar-refractivity contribution in [3.05, 3.63) is 21.4 Å². The highest BCUT2D eigenvalue weighted by Gasteiger charge is 2.35.